The van der Waals surface area contributed by atoms with Crippen LogP contribution in [0, 0.1) is 12.3 Å². The Morgan fingerprint density at radius 3 is 2.27 bits per heavy atom. The fraction of sp³-hybridized carbons (Fsp3) is 0.538. The van der Waals surface area contributed by atoms with E-state index in [2.05, 4.69) is 39.1 Å². The number of rotatable bonds is 2. The average molecular weight is 226 g/mol. The van der Waals surface area contributed by atoms with Crippen LogP contribution in [0.5, 0.6) is 0 Å². The first-order valence-electron chi connectivity index (χ1n) is 5.29. The van der Waals surface area contributed by atoms with Gasteiger partial charge in [0.2, 0.25) is 0 Å². The Morgan fingerprint density at radius 2 is 1.87 bits per heavy atom. The van der Waals surface area contributed by atoms with Gasteiger partial charge < -0.3 is 5.32 Å². The Kier molecular flexibility index (Phi) is 3.80. The summed E-state index contributed by atoms with van der Waals surface area (Å²) in [4.78, 5) is 0. The summed E-state index contributed by atoms with van der Waals surface area (Å²) in [6.45, 7) is 8.82. The van der Waals surface area contributed by atoms with E-state index < -0.39 is 0 Å². The minimum Gasteiger partial charge on any atom is -0.313 e. The fourth-order valence-corrected chi connectivity index (χ4v) is 2.24. The summed E-state index contributed by atoms with van der Waals surface area (Å²) in [5, 5.41) is 4.18. The normalized spacial score (nSPS) is 14.0. The van der Waals surface area contributed by atoms with E-state index in [-0.39, 0.29) is 5.41 Å². The van der Waals surface area contributed by atoms with Gasteiger partial charge in [-0.3, -0.25) is 0 Å². The Labute approximate surface area is 97.8 Å². The van der Waals surface area contributed by atoms with Gasteiger partial charge in [0, 0.05) is 11.1 Å². The van der Waals surface area contributed by atoms with Crippen LogP contribution >= 0.6 is 11.6 Å². The maximum atomic E-state index is 5.96. The lowest BCUT2D eigenvalue weighted by Gasteiger charge is -2.32. The predicted octanol–water partition coefficient (Wildman–Crippen LogP) is 3.96. The van der Waals surface area contributed by atoms with Crippen LogP contribution in [0.25, 0.3) is 0 Å². The van der Waals surface area contributed by atoms with Crippen molar-refractivity contribution in [2.24, 2.45) is 5.41 Å². The summed E-state index contributed by atoms with van der Waals surface area (Å²) < 4.78 is 0. The highest BCUT2D eigenvalue weighted by atomic mass is 35.5. The molecule has 0 bridgehead atoms. The summed E-state index contributed by atoms with van der Waals surface area (Å²) in [6, 6.07) is 6.45. The number of aryl methyl sites for hydroxylation is 1. The molecule has 0 fully saturated rings. The zero-order valence-electron chi connectivity index (χ0n) is 10.2. The third kappa shape index (κ3) is 2.96. The summed E-state index contributed by atoms with van der Waals surface area (Å²) in [5.41, 5.74) is 2.78. The van der Waals surface area contributed by atoms with E-state index in [9.17, 15) is 0 Å². The second kappa shape index (κ2) is 4.54. The number of benzene rings is 1. The minimum absolute atomic E-state index is 0.202. The zero-order chi connectivity index (χ0) is 11.6. The van der Waals surface area contributed by atoms with Gasteiger partial charge in [0.15, 0.2) is 0 Å². The van der Waals surface area contributed by atoms with E-state index in [0.29, 0.717) is 6.04 Å². The van der Waals surface area contributed by atoms with Crippen LogP contribution in [0.15, 0.2) is 18.2 Å². The van der Waals surface area contributed by atoms with E-state index >= 15 is 0 Å². The largest absolute Gasteiger partial charge is 0.313 e. The molecule has 1 unspecified atom stereocenters. The van der Waals surface area contributed by atoms with E-state index in [0.717, 1.165) is 5.02 Å². The quantitative estimate of drug-likeness (QED) is 0.804. The van der Waals surface area contributed by atoms with Gasteiger partial charge in [-0.05, 0) is 42.6 Å². The van der Waals surface area contributed by atoms with Gasteiger partial charge in [-0.2, -0.15) is 0 Å². The monoisotopic (exact) mass is 225 g/mol. The second-order valence-electron chi connectivity index (χ2n) is 5.09. The van der Waals surface area contributed by atoms with Crippen molar-refractivity contribution in [2.75, 3.05) is 7.05 Å². The van der Waals surface area contributed by atoms with Gasteiger partial charge in [0.25, 0.3) is 0 Å². The molecule has 0 saturated carbocycles. The van der Waals surface area contributed by atoms with Crippen molar-refractivity contribution in [1.29, 1.82) is 0 Å². The van der Waals surface area contributed by atoms with Crippen molar-refractivity contribution in [3.05, 3.63) is 34.3 Å². The van der Waals surface area contributed by atoms with Crippen molar-refractivity contribution >= 4 is 11.6 Å². The molecule has 15 heavy (non-hydrogen) atoms. The first kappa shape index (κ1) is 12.5. The molecule has 1 nitrogen and oxygen atoms in total. The van der Waals surface area contributed by atoms with E-state index in [1.165, 1.54) is 11.1 Å². The SMILES string of the molecule is CNC(c1ccc(Cl)cc1C)C(C)(C)C. The molecule has 0 saturated heterocycles. The van der Waals surface area contributed by atoms with Crippen molar-refractivity contribution < 1.29 is 0 Å². The van der Waals surface area contributed by atoms with Crippen molar-refractivity contribution in [3.63, 3.8) is 0 Å². The molecule has 2 heteroatoms. The standard InChI is InChI=1S/C13H20ClN/c1-9-8-10(14)6-7-11(9)12(15-5)13(2,3)4/h6-8,12,15H,1-5H3. The third-order valence-electron chi connectivity index (χ3n) is 2.70. The van der Waals surface area contributed by atoms with Gasteiger partial charge in [-0.25, -0.2) is 0 Å². The van der Waals surface area contributed by atoms with Crippen molar-refractivity contribution in [1.82, 2.24) is 5.32 Å². The highest BCUT2D eigenvalue weighted by Crippen LogP contribution is 2.34. The van der Waals surface area contributed by atoms with Crippen LogP contribution in [-0.4, -0.2) is 7.05 Å². The second-order valence-corrected chi connectivity index (χ2v) is 5.53. The van der Waals surface area contributed by atoms with Crippen molar-refractivity contribution in [2.45, 2.75) is 33.7 Å². The van der Waals surface area contributed by atoms with Crippen LogP contribution in [0.3, 0.4) is 0 Å². The van der Waals surface area contributed by atoms with E-state index in [4.69, 9.17) is 11.6 Å². The summed E-state index contributed by atoms with van der Waals surface area (Å²) in [5.74, 6) is 0. The van der Waals surface area contributed by atoms with Gasteiger partial charge in [-0.15, -0.1) is 0 Å². The van der Waals surface area contributed by atoms with Crippen molar-refractivity contribution in [3.8, 4) is 0 Å². The molecular weight excluding hydrogens is 206 g/mol. The number of hydrogen-bond donors (Lipinski definition) is 1. The third-order valence-corrected chi connectivity index (χ3v) is 2.93. The lowest BCUT2D eigenvalue weighted by molar-refractivity contribution is 0.286. The van der Waals surface area contributed by atoms with Crippen LogP contribution in [-0.2, 0) is 0 Å². The molecule has 1 rings (SSSR count). The number of halogens is 1. The van der Waals surface area contributed by atoms with Gasteiger partial charge >= 0.3 is 0 Å². The number of hydrogen-bond acceptors (Lipinski definition) is 1. The summed E-state index contributed by atoms with van der Waals surface area (Å²) in [7, 11) is 2.00. The molecule has 0 amide bonds. The maximum Gasteiger partial charge on any atom is 0.0408 e. The number of nitrogens with one attached hydrogen (secondary N) is 1. The molecule has 0 aromatic heterocycles. The fourth-order valence-electron chi connectivity index (χ4n) is 2.02. The molecule has 84 valence electrons. The van der Waals surface area contributed by atoms with Crippen LogP contribution in [0.1, 0.15) is 37.9 Å². The van der Waals surface area contributed by atoms with Crippen LogP contribution in [0.4, 0.5) is 0 Å². The van der Waals surface area contributed by atoms with Gasteiger partial charge in [0.05, 0.1) is 0 Å². The van der Waals surface area contributed by atoms with Crippen LogP contribution in [0.2, 0.25) is 5.02 Å². The smallest absolute Gasteiger partial charge is 0.0408 e. The Bertz CT molecular complexity index is 339. The molecule has 0 heterocycles. The van der Waals surface area contributed by atoms with Gasteiger partial charge in [0.1, 0.15) is 0 Å². The molecular formula is C13H20ClN. The first-order valence-corrected chi connectivity index (χ1v) is 5.67. The molecule has 0 spiro atoms. The Balaban J connectivity index is 3.13. The van der Waals surface area contributed by atoms with Crippen LogP contribution < -0.4 is 5.32 Å². The molecule has 0 radical (unpaired) electrons. The molecule has 1 aromatic carbocycles. The van der Waals surface area contributed by atoms with Gasteiger partial charge in [-0.1, -0.05) is 38.4 Å². The highest BCUT2D eigenvalue weighted by Gasteiger charge is 2.25. The van der Waals surface area contributed by atoms with E-state index in [1.807, 2.05) is 19.2 Å². The average Bonchev–Trinajstić information content (AvgIpc) is 2.07. The molecule has 0 aliphatic rings. The molecule has 0 aliphatic carbocycles. The summed E-state index contributed by atoms with van der Waals surface area (Å²) >= 11 is 5.96. The highest BCUT2D eigenvalue weighted by molar-refractivity contribution is 6.30. The maximum absolute atomic E-state index is 5.96. The molecule has 0 aliphatic heterocycles. The van der Waals surface area contributed by atoms with E-state index in [1.54, 1.807) is 0 Å². The topological polar surface area (TPSA) is 12.0 Å². The zero-order valence-corrected chi connectivity index (χ0v) is 10.9. The molecule has 1 aromatic rings. The molecule has 1 atom stereocenters. The molecule has 1 N–H and O–H groups in total. The Hall–Kier alpha value is -0.530. The minimum atomic E-state index is 0.202. The lowest BCUT2D eigenvalue weighted by atomic mass is 9.81. The lowest BCUT2D eigenvalue weighted by Crippen LogP contribution is -2.30. The summed E-state index contributed by atoms with van der Waals surface area (Å²) in [6.07, 6.45) is 0. The Morgan fingerprint density at radius 1 is 1.27 bits per heavy atom. The predicted molar refractivity (Wildman–Crippen MR) is 67.4 cm³/mol. The first-order chi connectivity index (χ1) is 6.86.